The van der Waals surface area contributed by atoms with E-state index in [1.807, 2.05) is 12.1 Å². The van der Waals surface area contributed by atoms with Crippen LogP contribution >= 0.6 is 23.2 Å². The Kier molecular flexibility index (Phi) is 4.56. The highest BCUT2D eigenvalue weighted by atomic mass is 35.5. The van der Waals surface area contributed by atoms with Gasteiger partial charge in [0.25, 0.3) is 0 Å². The van der Waals surface area contributed by atoms with Gasteiger partial charge in [-0.1, -0.05) is 50.0 Å². The molecule has 0 aliphatic heterocycles. The van der Waals surface area contributed by atoms with Crippen molar-refractivity contribution in [2.75, 3.05) is 0 Å². The van der Waals surface area contributed by atoms with Crippen LogP contribution in [0.3, 0.4) is 0 Å². The first-order valence-electron chi connectivity index (χ1n) is 7.99. The van der Waals surface area contributed by atoms with Crippen LogP contribution in [-0.2, 0) is 16.6 Å². The van der Waals surface area contributed by atoms with Crippen LogP contribution in [0.4, 0.5) is 0 Å². The number of rotatable bonds is 3. The predicted molar refractivity (Wildman–Crippen MR) is 104 cm³/mol. The third-order valence-corrected chi connectivity index (χ3v) is 4.85. The van der Waals surface area contributed by atoms with Crippen LogP contribution in [0.2, 0.25) is 10.0 Å². The van der Waals surface area contributed by atoms with E-state index in [4.69, 9.17) is 23.2 Å². The molecule has 0 aliphatic rings. The number of aliphatic carboxylic acids is 1. The lowest BCUT2D eigenvalue weighted by Gasteiger charge is -2.19. The summed E-state index contributed by atoms with van der Waals surface area (Å²) in [6.07, 6.45) is -0.0815. The summed E-state index contributed by atoms with van der Waals surface area (Å²) in [5.41, 5.74) is 4.23. The fourth-order valence-corrected chi connectivity index (χ4v) is 3.47. The fourth-order valence-electron chi connectivity index (χ4n) is 2.97. The second kappa shape index (κ2) is 6.40. The molecular weight excluding hydrogens is 357 g/mol. The Balaban J connectivity index is 2.29. The Morgan fingerprint density at radius 3 is 2.44 bits per heavy atom. The van der Waals surface area contributed by atoms with Crippen LogP contribution in [0.5, 0.6) is 0 Å². The van der Waals surface area contributed by atoms with Crippen molar-refractivity contribution < 1.29 is 9.90 Å². The summed E-state index contributed by atoms with van der Waals surface area (Å²) in [6, 6.07) is 11.3. The zero-order chi connectivity index (χ0) is 18.4. The van der Waals surface area contributed by atoms with Gasteiger partial charge < -0.3 is 10.1 Å². The van der Waals surface area contributed by atoms with E-state index in [0.717, 1.165) is 33.3 Å². The Morgan fingerprint density at radius 1 is 1.12 bits per heavy atom. The van der Waals surface area contributed by atoms with Gasteiger partial charge in [-0.15, -0.1) is 0 Å². The molecule has 0 atom stereocenters. The Labute approximate surface area is 156 Å². The number of carboxylic acid groups (broad SMARTS) is 1. The van der Waals surface area contributed by atoms with Gasteiger partial charge in [-0.2, -0.15) is 0 Å². The number of aromatic amines is 1. The van der Waals surface area contributed by atoms with E-state index < -0.39 is 5.97 Å². The molecule has 3 aromatic rings. The number of hydrogen-bond donors (Lipinski definition) is 2. The lowest BCUT2D eigenvalue weighted by Crippen LogP contribution is -2.10. The van der Waals surface area contributed by atoms with Crippen molar-refractivity contribution in [2.24, 2.45) is 0 Å². The van der Waals surface area contributed by atoms with Crippen molar-refractivity contribution in [1.82, 2.24) is 4.98 Å². The minimum atomic E-state index is -0.881. The smallest absolute Gasteiger partial charge is 0.307 e. The predicted octanol–water partition coefficient (Wildman–Crippen LogP) is 6.07. The number of aromatic nitrogens is 1. The van der Waals surface area contributed by atoms with Gasteiger partial charge in [0, 0.05) is 21.5 Å². The van der Waals surface area contributed by atoms with Gasteiger partial charge in [0.1, 0.15) is 0 Å². The molecule has 5 heteroatoms. The fraction of sp³-hybridized carbons (Fsp3) is 0.250. The summed E-state index contributed by atoms with van der Waals surface area (Å²) in [5.74, 6) is -0.881. The molecule has 0 aliphatic carbocycles. The topological polar surface area (TPSA) is 53.1 Å². The average Bonchev–Trinajstić information content (AvgIpc) is 2.83. The lowest BCUT2D eigenvalue weighted by molar-refractivity contribution is -0.136. The normalized spacial score (nSPS) is 11.9. The molecule has 0 bridgehead atoms. The number of benzene rings is 2. The van der Waals surface area contributed by atoms with Crippen molar-refractivity contribution in [3.05, 3.63) is 57.6 Å². The Hall–Kier alpha value is -1.97. The SMILES string of the molecule is CC(C)(C)c1ccc2[nH]c(-c3ccc(Cl)cc3Cl)c(CC(=O)O)c2c1. The van der Waals surface area contributed by atoms with Crippen LogP contribution in [0.1, 0.15) is 31.9 Å². The molecule has 25 heavy (non-hydrogen) atoms. The van der Waals surface area contributed by atoms with E-state index in [-0.39, 0.29) is 11.8 Å². The van der Waals surface area contributed by atoms with Crippen molar-refractivity contribution in [2.45, 2.75) is 32.6 Å². The first kappa shape index (κ1) is 17.8. The van der Waals surface area contributed by atoms with E-state index >= 15 is 0 Å². The average molecular weight is 376 g/mol. The van der Waals surface area contributed by atoms with Gasteiger partial charge in [0.2, 0.25) is 0 Å². The number of H-pyrrole nitrogens is 1. The van der Waals surface area contributed by atoms with E-state index in [1.165, 1.54) is 0 Å². The van der Waals surface area contributed by atoms with Gasteiger partial charge in [-0.25, -0.2) is 0 Å². The highest BCUT2D eigenvalue weighted by molar-refractivity contribution is 6.36. The summed E-state index contributed by atoms with van der Waals surface area (Å²) < 4.78 is 0. The maximum Gasteiger partial charge on any atom is 0.307 e. The maximum absolute atomic E-state index is 11.4. The molecule has 0 unspecified atom stereocenters. The maximum atomic E-state index is 11.4. The van der Waals surface area contributed by atoms with Crippen LogP contribution < -0.4 is 0 Å². The first-order valence-corrected chi connectivity index (χ1v) is 8.74. The third kappa shape index (κ3) is 3.53. The van der Waals surface area contributed by atoms with Crippen molar-refractivity contribution in [1.29, 1.82) is 0 Å². The van der Waals surface area contributed by atoms with E-state index in [0.29, 0.717) is 10.0 Å². The molecule has 3 nitrogen and oxygen atoms in total. The summed E-state index contributed by atoms with van der Waals surface area (Å²) in [4.78, 5) is 14.8. The summed E-state index contributed by atoms with van der Waals surface area (Å²) in [7, 11) is 0. The van der Waals surface area contributed by atoms with Gasteiger partial charge in [-0.05, 0) is 46.9 Å². The zero-order valence-electron chi connectivity index (χ0n) is 14.3. The minimum Gasteiger partial charge on any atom is -0.481 e. The second-order valence-electron chi connectivity index (χ2n) is 7.18. The van der Waals surface area contributed by atoms with Crippen LogP contribution in [0.15, 0.2) is 36.4 Å². The monoisotopic (exact) mass is 375 g/mol. The molecule has 2 N–H and O–H groups in total. The van der Waals surface area contributed by atoms with E-state index in [9.17, 15) is 9.90 Å². The Morgan fingerprint density at radius 2 is 1.84 bits per heavy atom. The number of fused-ring (bicyclic) bond motifs is 1. The molecule has 2 aromatic carbocycles. The molecule has 3 rings (SSSR count). The van der Waals surface area contributed by atoms with Gasteiger partial charge >= 0.3 is 5.97 Å². The molecule has 0 saturated heterocycles. The molecule has 0 radical (unpaired) electrons. The molecule has 0 saturated carbocycles. The van der Waals surface area contributed by atoms with E-state index in [2.05, 4.69) is 37.9 Å². The molecule has 1 heterocycles. The van der Waals surface area contributed by atoms with Gasteiger partial charge in [0.05, 0.1) is 17.1 Å². The summed E-state index contributed by atoms with van der Waals surface area (Å²) in [5, 5.41) is 11.3. The minimum absolute atomic E-state index is 0.0238. The zero-order valence-corrected chi connectivity index (χ0v) is 15.8. The standard InChI is InChI=1S/C20H19Cl2NO2/c1-20(2,3)11-4-7-17-14(8-11)15(10-18(24)25)19(23-17)13-6-5-12(21)9-16(13)22/h4-9,23H,10H2,1-3H3,(H,24,25). The Bertz CT molecular complexity index is 968. The first-order chi connectivity index (χ1) is 11.7. The van der Waals surface area contributed by atoms with Crippen LogP contribution in [0.25, 0.3) is 22.2 Å². The molecule has 0 amide bonds. The van der Waals surface area contributed by atoms with E-state index in [1.54, 1.807) is 12.1 Å². The highest BCUT2D eigenvalue weighted by Gasteiger charge is 2.20. The number of hydrogen-bond acceptors (Lipinski definition) is 1. The van der Waals surface area contributed by atoms with Crippen molar-refractivity contribution in [3.63, 3.8) is 0 Å². The molecular formula is C20H19Cl2NO2. The molecule has 0 spiro atoms. The molecule has 0 fully saturated rings. The molecule has 1 aromatic heterocycles. The highest BCUT2D eigenvalue weighted by Crippen LogP contribution is 2.37. The second-order valence-corrected chi connectivity index (χ2v) is 8.03. The van der Waals surface area contributed by atoms with Gasteiger partial charge in [-0.3, -0.25) is 4.79 Å². The summed E-state index contributed by atoms with van der Waals surface area (Å²) in [6.45, 7) is 6.40. The molecule has 130 valence electrons. The number of halogens is 2. The number of carbonyl (C=O) groups is 1. The summed E-state index contributed by atoms with van der Waals surface area (Å²) >= 11 is 12.3. The lowest BCUT2D eigenvalue weighted by atomic mass is 9.86. The third-order valence-electron chi connectivity index (χ3n) is 4.30. The number of carboxylic acids is 1. The largest absolute Gasteiger partial charge is 0.481 e. The number of nitrogens with one attached hydrogen (secondary N) is 1. The van der Waals surface area contributed by atoms with Gasteiger partial charge in [0.15, 0.2) is 0 Å². The van der Waals surface area contributed by atoms with Crippen molar-refractivity contribution >= 4 is 40.1 Å². The van der Waals surface area contributed by atoms with Crippen molar-refractivity contribution in [3.8, 4) is 11.3 Å². The van der Waals surface area contributed by atoms with Crippen LogP contribution in [-0.4, -0.2) is 16.1 Å². The van der Waals surface area contributed by atoms with Crippen LogP contribution in [0, 0.1) is 0 Å². The quantitative estimate of drug-likeness (QED) is 0.583.